The number of amides is 1. The normalized spacial score (nSPS) is 17.8. The van der Waals surface area contributed by atoms with E-state index < -0.39 is 16.1 Å². The van der Waals surface area contributed by atoms with Crippen LogP contribution >= 0.6 is 0 Å². The van der Waals surface area contributed by atoms with E-state index in [4.69, 9.17) is 0 Å². The monoisotopic (exact) mass is 380 g/mol. The van der Waals surface area contributed by atoms with Gasteiger partial charge in [0.05, 0.1) is 11.9 Å². The zero-order valence-corrected chi connectivity index (χ0v) is 17.2. The Labute approximate surface area is 158 Å². The lowest BCUT2D eigenvalue weighted by atomic mass is 9.96. The predicted molar refractivity (Wildman–Crippen MR) is 107 cm³/mol. The van der Waals surface area contributed by atoms with Crippen molar-refractivity contribution in [3.05, 3.63) is 29.3 Å². The van der Waals surface area contributed by atoms with Gasteiger partial charge in [-0.25, -0.2) is 8.42 Å². The molecule has 1 N–H and O–H groups in total. The van der Waals surface area contributed by atoms with Crippen LogP contribution in [-0.4, -0.2) is 32.7 Å². The molecule has 5 nitrogen and oxygen atoms in total. The zero-order chi connectivity index (χ0) is 19.3. The number of nitrogens with one attached hydrogen (secondary N) is 1. The Morgan fingerprint density at radius 3 is 2.04 bits per heavy atom. The molecule has 0 aromatic heterocycles. The summed E-state index contributed by atoms with van der Waals surface area (Å²) in [7, 11) is -3.58. The number of sulfonamides is 1. The second-order valence-corrected chi connectivity index (χ2v) is 9.49. The molecule has 0 saturated heterocycles. The average molecular weight is 381 g/mol. The van der Waals surface area contributed by atoms with Gasteiger partial charge in [0.1, 0.15) is 6.04 Å². The van der Waals surface area contributed by atoms with Gasteiger partial charge in [0.2, 0.25) is 15.9 Å². The maximum Gasteiger partial charge on any atom is 0.243 e. The summed E-state index contributed by atoms with van der Waals surface area (Å²) >= 11 is 0. The highest BCUT2D eigenvalue weighted by atomic mass is 32.2. The fourth-order valence-electron chi connectivity index (χ4n) is 3.81. The quantitative estimate of drug-likeness (QED) is 0.847. The van der Waals surface area contributed by atoms with Crippen molar-refractivity contribution in [2.24, 2.45) is 0 Å². The minimum Gasteiger partial charge on any atom is -0.352 e. The van der Waals surface area contributed by atoms with Gasteiger partial charge in [-0.2, -0.15) is 0 Å². The van der Waals surface area contributed by atoms with Gasteiger partial charge < -0.3 is 5.32 Å². The number of rotatable bonds is 5. The number of aryl methyl sites for hydroxylation is 2. The molecule has 1 saturated carbocycles. The molecule has 1 aliphatic carbocycles. The first-order chi connectivity index (χ1) is 12.2. The van der Waals surface area contributed by atoms with Crippen LogP contribution in [0.5, 0.6) is 0 Å². The molecule has 1 aliphatic rings. The second kappa shape index (κ2) is 8.89. The Hall–Kier alpha value is -1.56. The molecule has 1 atom stereocenters. The summed E-state index contributed by atoms with van der Waals surface area (Å²) < 4.78 is 26.1. The highest BCUT2D eigenvalue weighted by Gasteiger charge is 2.30. The van der Waals surface area contributed by atoms with Crippen molar-refractivity contribution in [1.29, 1.82) is 0 Å². The Kier molecular flexibility index (Phi) is 7.09. The molecule has 2 rings (SSSR count). The van der Waals surface area contributed by atoms with E-state index >= 15 is 0 Å². The third-order valence-corrected chi connectivity index (χ3v) is 6.24. The van der Waals surface area contributed by atoms with Gasteiger partial charge in [-0.15, -0.1) is 0 Å². The molecule has 0 unspecified atom stereocenters. The summed E-state index contributed by atoms with van der Waals surface area (Å²) in [5.41, 5.74) is 2.49. The summed E-state index contributed by atoms with van der Waals surface area (Å²) in [6, 6.07) is 4.98. The van der Waals surface area contributed by atoms with Gasteiger partial charge in [-0.05, 0) is 56.9 Å². The van der Waals surface area contributed by atoms with E-state index in [0.29, 0.717) is 5.69 Å². The second-order valence-electron chi connectivity index (χ2n) is 7.63. The SMILES string of the molecule is Cc1cc(C)cc(N([C@@H](C)C(=O)NC2CCCCCCC2)S(C)(=O)=O)c1. The molecule has 1 aromatic carbocycles. The van der Waals surface area contributed by atoms with E-state index in [1.54, 1.807) is 6.92 Å². The van der Waals surface area contributed by atoms with Crippen LogP contribution in [0.1, 0.15) is 63.0 Å². The predicted octanol–water partition coefficient (Wildman–Crippen LogP) is 3.69. The molecule has 0 radical (unpaired) electrons. The number of hydrogen-bond acceptors (Lipinski definition) is 3. The third-order valence-electron chi connectivity index (χ3n) is 5.00. The van der Waals surface area contributed by atoms with Crippen LogP contribution in [0, 0.1) is 13.8 Å². The van der Waals surface area contributed by atoms with Crippen LogP contribution in [0.15, 0.2) is 18.2 Å². The standard InChI is InChI=1S/C20H32N2O3S/c1-15-12-16(2)14-19(13-15)22(26(4,24)25)17(3)20(23)21-18-10-8-6-5-7-9-11-18/h12-14,17-18H,5-11H2,1-4H3,(H,21,23)/t17-/m0/s1. The Bertz CT molecular complexity index is 702. The fourth-order valence-corrected chi connectivity index (χ4v) is 4.97. The molecular formula is C20H32N2O3S. The van der Waals surface area contributed by atoms with Crippen molar-refractivity contribution < 1.29 is 13.2 Å². The summed E-state index contributed by atoms with van der Waals surface area (Å²) in [5.74, 6) is -0.222. The van der Waals surface area contributed by atoms with Gasteiger partial charge >= 0.3 is 0 Å². The van der Waals surface area contributed by atoms with Crippen molar-refractivity contribution in [2.75, 3.05) is 10.6 Å². The Morgan fingerprint density at radius 2 is 1.54 bits per heavy atom. The van der Waals surface area contributed by atoms with Crippen molar-refractivity contribution in [3.8, 4) is 0 Å². The molecule has 6 heteroatoms. The highest BCUT2D eigenvalue weighted by Crippen LogP contribution is 2.24. The topological polar surface area (TPSA) is 66.5 Å². The highest BCUT2D eigenvalue weighted by molar-refractivity contribution is 7.92. The Morgan fingerprint density at radius 1 is 1.04 bits per heavy atom. The van der Waals surface area contributed by atoms with Crippen LogP contribution in [0.25, 0.3) is 0 Å². The van der Waals surface area contributed by atoms with Gasteiger partial charge in [0.15, 0.2) is 0 Å². The molecule has 1 fully saturated rings. The van der Waals surface area contributed by atoms with Gasteiger partial charge in [0, 0.05) is 6.04 Å². The molecule has 0 aliphatic heterocycles. The largest absolute Gasteiger partial charge is 0.352 e. The van der Waals surface area contributed by atoms with Gasteiger partial charge in [-0.1, -0.05) is 38.2 Å². The first-order valence-corrected chi connectivity index (χ1v) is 11.4. The molecule has 0 heterocycles. The zero-order valence-electron chi connectivity index (χ0n) is 16.4. The third kappa shape index (κ3) is 5.73. The van der Waals surface area contributed by atoms with E-state index in [-0.39, 0.29) is 11.9 Å². The van der Waals surface area contributed by atoms with E-state index in [0.717, 1.165) is 43.1 Å². The lowest BCUT2D eigenvalue weighted by Crippen LogP contribution is -2.50. The van der Waals surface area contributed by atoms with Crippen LogP contribution in [-0.2, 0) is 14.8 Å². The maximum absolute atomic E-state index is 12.8. The number of benzene rings is 1. The van der Waals surface area contributed by atoms with E-state index in [1.807, 2.05) is 32.0 Å². The smallest absolute Gasteiger partial charge is 0.243 e. The molecule has 0 spiro atoms. The van der Waals surface area contributed by atoms with Crippen LogP contribution in [0.2, 0.25) is 0 Å². The first kappa shape index (κ1) is 20.7. The van der Waals surface area contributed by atoms with Crippen molar-refractivity contribution >= 4 is 21.6 Å². The maximum atomic E-state index is 12.8. The van der Waals surface area contributed by atoms with Gasteiger partial charge in [-0.3, -0.25) is 9.10 Å². The van der Waals surface area contributed by atoms with Crippen LogP contribution in [0.3, 0.4) is 0 Å². The van der Waals surface area contributed by atoms with Gasteiger partial charge in [0.25, 0.3) is 0 Å². The fraction of sp³-hybridized carbons (Fsp3) is 0.650. The number of carbonyl (C=O) groups is 1. The van der Waals surface area contributed by atoms with E-state index in [9.17, 15) is 13.2 Å². The first-order valence-electron chi connectivity index (χ1n) is 9.56. The molecule has 1 aromatic rings. The lowest BCUT2D eigenvalue weighted by Gasteiger charge is -2.30. The molecule has 26 heavy (non-hydrogen) atoms. The summed E-state index contributed by atoms with van der Waals surface area (Å²) in [6.45, 7) is 5.52. The van der Waals surface area contributed by atoms with Crippen molar-refractivity contribution in [1.82, 2.24) is 5.32 Å². The minimum atomic E-state index is -3.58. The minimum absolute atomic E-state index is 0.144. The number of hydrogen-bond donors (Lipinski definition) is 1. The molecule has 0 bridgehead atoms. The number of nitrogens with zero attached hydrogens (tertiary/aromatic N) is 1. The van der Waals surface area contributed by atoms with Crippen LogP contribution < -0.4 is 9.62 Å². The summed E-state index contributed by atoms with van der Waals surface area (Å²) in [5, 5.41) is 3.09. The molecule has 1 amide bonds. The van der Waals surface area contributed by atoms with Crippen molar-refractivity contribution in [3.63, 3.8) is 0 Å². The number of anilines is 1. The van der Waals surface area contributed by atoms with Crippen molar-refractivity contribution in [2.45, 2.75) is 77.8 Å². The number of carbonyl (C=O) groups excluding carboxylic acids is 1. The Balaban J connectivity index is 2.20. The van der Waals surface area contributed by atoms with E-state index in [2.05, 4.69) is 5.32 Å². The molecular weight excluding hydrogens is 348 g/mol. The summed E-state index contributed by atoms with van der Waals surface area (Å²) in [6.07, 6.45) is 9.02. The molecule has 146 valence electrons. The lowest BCUT2D eigenvalue weighted by molar-refractivity contribution is -0.122. The average Bonchev–Trinajstić information content (AvgIpc) is 2.47. The summed E-state index contributed by atoms with van der Waals surface area (Å²) in [4.78, 5) is 12.8. The van der Waals surface area contributed by atoms with E-state index in [1.165, 1.54) is 23.6 Å². The van der Waals surface area contributed by atoms with Crippen LogP contribution in [0.4, 0.5) is 5.69 Å².